The highest BCUT2D eigenvalue weighted by molar-refractivity contribution is 6.19. The molecule has 0 nitrogen and oxygen atoms in total. The number of hydrogen-bond acceptors (Lipinski definition) is 0. The summed E-state index contributed by atoms with van der Waals surface area (Å²) in [5.41, 5.74) is 2.32. The molecular weight excluding hydrogens is 240 g/mol. The first-order valence-corrected chi connectivity index (χ1v) is 6.62. The van der Waals surface area contributed by atoms with E-state index in [1.165, 1.54) is 16.3 Å². The minimum atomic E-state index is 0.292. The Hall–Kier alpha value is -1.53. The van der Waals surface area contributed by atoms with Crippen LogP contribution < -0.4 is 0 Å². The van der Waals surface area contributed by atoms with Crippen molar-refractivity contribution in [1.82, 2.24) is 0 Å². The summed E-state index contributed by atoms with van der Waals surface area (Å²) in [5.74, 6) is 0.804. The molecule has 0 radical (unpaired) electrons. The maximum atomic E-state index is 5.80. The smallest absolute Gasteiger partial charge is 0.0431 e. The summed E-state index contributed by atoms with van der Waals surface area (Å²) in [7, 11) is 0. The van der Waals surface area contributed by atoms with E-state index >= 15 is 0 Å². The highest BCUT2D eigenvalue weighted by Crippen LogP contribution is 2.27. The van der Waals surface area contributed by atoms with Gasteiger partial charge in [-0.05, 0) is 22.8 Å². The molecule has 1 atom stereocenters. The molecule has 0 amide bonds. The van der Waals surface area contributed by atoms with E-state index in [0.29, 0.717) is 11.8 Å². The van der Waals surface area contributed by atoms with Gasteiger partial charge in [0.25, 0.3) is 0 Å². The molecular formula is C17H17Cl. The molecule has 2 aromatic rings. The third kappa shape index (κ3) is 2.83. The summed E-state index contributed by atoms with van der Waals surface area (Å²) in [4.78, 5) is 0. The van der Waals surface area contributed by atoms with Gasteiger partial charge in [-0.2, -0.15) is 0 Å². The summed E-state index contributed by atoms with van der Waals surface area (Å²) in [6.45, 7) is 7.89. The number of allylic oxidation sites excluding steroid dienone is 2. The summed E-state index contributed by atoms with van der Waals surface area (Å²) >= 11 is 5.80. The number of rotatable bonds is 5. The molecule has 0 aliphatic rings. The second-order valence-electron chi connectivity index (χ2n) is 4.54. The zero-order valence-corrected chi connectivity index (χ0v) is 11.2. The topological polar surface area (TPSA) is 0 Å². The van der Waals surface area contributed by atoms with Crippen LogP contribution in [0.15, 0.2) is 67.3 Å². The summed E-state index contributed by atoms with van der Waals surface area (Å²) in [5, 5.41) is 2.53. The lowest BCUT2D eigenvalue weighted by molar-refractivity contribution is 0.832. The van der Waals surface area contributed by atoms with E-state index in [0.717, 1.165) is 12.0 Å². The highest BCUT2D eigenvalue weighted by Gasteiger charge is 2.09. The molecule has 2 aromatic carbocycles. The van der Waals surface area contributed by atoms with Gasteiger partial charge in [0.1, 0.15) is 0 Å². The van der Waals surface area contributed by atoms with Crippen LogP contribution in [0.5, 0.6) is 0 Å². The molecule has 0 unspecified atom stereocenters. The second-order valence-corrected chi connectivity index (χ2v) is 4.80. The van der Waals surface area contributed by atoms with Gasteiger partial charge in [0.2, 0.25) is 0 Å². The maximum absolute atomic E-state index is 5.80. The zero-order chi connectivity index (χ0) is 13.0. The van der Waals surface area contributed by atoms with Crippen LogP contribution in [0.2, 0.25) is 0 Å². The third-order valence-corrected chi connectivity index (χ3v) is 3.56. The standard InChI is InChI=1S/C17H17Cl/c1-3-14(10-13(2)12-18)17-9-8-15-6-4-5-7-16(15)11-17/h3-9,11,14H,1-2,10,12H2/t14-/m0/s1. The van der Waals surface area contributed by atoms with E-state index in [1.54, 1.807) is 0 Å². The molecule has 0 aliphatic carbocycles. The van der Waals surface area contributed by atoms with Crippen molar-refractivity contribution in [3.05, 3.63) is 72.8 Å². The predicted octanol–water partition coefficient (Wildman–Crippen LogP) is 5.29. The molecule has 92 valence electrons. The van der Waals surface area contributed by atoms with Gasteiger partial charge in [-0.1, -0.05) is 60.7 Å². The molecule has 0 N–H and O–H groups in total. The van der Waals surface area contributed by atoms with Crippen molar-refractivity contribution in [2.45, 2.75) is 12.3 Å². The molecule has 0 aromatic heterocycles. The number of benzene rings is 2. The fourth-order valence-corrected chi connectivity index (χ4v) is 2.25. The monoisotopic (exact) mass is 256 g/mol. The molecule has 1 heteroatoms. The van der Waals surface area contributed by atoms with E-state index in [2.05, 4.69) is 55.6 Å². The largest absolute Gasteiger partial charge is 0.122 e. The van der Waals surface area contributed by atoms with Crippen LogP contribution in [0.1, 0.15) is 17.9 Å². The average Bonchev–Trinajstić information content (AvgIpc) is 2.44. The van der Waals surface area contributed by atoms with Crippen molar-refractivity contribution in [2.75, 3.05) is 5.88 Å². The molecule has 0 heterocycles. The van der Waals surface area contributed by atoms with Crippen LogP contribution in [-0.4, -0.2) is 5.88 Å². The highest BCUT2D eigenvalue weighted by atomic mass is 35.5. The van der Waals surface area contributed by atoms with Gasteiger partial charge < -0.3 is 0 Å². The van der Waals surface area contributed by atoms with E-state index in [4.69, 9.17) is 11.6 Å². The normalized spacial score (nSPS) is 12.3. The van der Waals surface area contributed by atoms with Gasteiger partial charge in [0.05, 0.1) is 0 Å². The lowest BCUT2D eigenvalue weighted by Crippen LogP contribution is -1.97. The SMILES string of the molecule is C=C[C@@H](CC(=C)CCl)c1ccc2ccccc2c1. The van der Waals surface area contributed by atoms with E-state index in [9.17, 15) is 0 Å². The Balaban J connectivity index is 2.33. The number of fused-ring (bicyclic) bond motifs is 1. The van der Waals surface area contributed by atoms with Gasteiger partial charge in [0, 0.05) is 11.8 Å². The maximum Gasteiger partial charge on any atom is 0.0431 e. The van der Waals surface area contributed by atoms with Crippen molar-refractivity contribution < 1.29 is 0 Å². The van der Waals surface area contributed by atoms with Crippen molar-refractivity contribution in [1.29, 1.82) is 0 Å². The van der Waals surface area contributed by atoms with Crippen molar-refractivity contribution in [2.24, 2.45) is 0 Å². The average molecular weight is 257 g/mol. The molecule has 0 bridgehead atoms. The van der Waals surface area contributed by atoms with Gasteiger partial charge >= 0.3 is 0 Å². The third-order valence-electron chi connectivity index (χ3n) is 3.18. The summed E-state index contributed by atoms with van der Waals surface area (Å²) in [6.07, 6.45) is 2.84. The van der Waals surface area contributed by atoms with Crippen LogP contribution >= 0.6 is 11.6 Å². The van der Waals surface area contributed by atoms with Gasteiger partial charge in [-0.15, -0.1) is 18.2 Å². The quantitative estimate of drug-likeness (QED) is 0.503. The molecule has 18 heavy (non-hydrogen) atoms. The minimum Gasteiger partial charge on any atom is -0.122 e. The van der Waals surface area contributed by atoms with Crippen LogP contribution in [0, 0.1) is 0 Å². The number of alkyl halides is 1. The number of hydrogen-bond donors (Lipinski definition) is 0. The molecule has 0 fully saturated rings. The van der Waals surface area contributed by atoms with Gasteiger partial charge in [-0.3, -0.25) is 0 Å². The summed E-state index contributed by atoms with van der Waals surface area (Å²) in [6, 6.07) is 14.9. The first-order chi connectivity index (χ1) is 8.74. The van der Waals surface area contributed by atoms with Crippen LogP contribution in [0.3, 0.4) is 0 Å². The van der Waals surface area contributed by atoms with E-state index in [1.807, 2.05) is 6.08 Å². The minimum absolute atomic E-state index is 0.292. The van der Waals surface area contributed by atoms with Crippen LogP contribution in [0.25, 0.3) is 10.8 Å². The number of halogens is 1. The first-order valence-electron chi connectivity index (χ1n) is 6.08. The fourth-order valence-electron chi connectivity index (χ4n) is 2.14. The zero-order valence-electron chi connectivity index (χ0n) is 10.4. The Bertz CT molecular complexity index is 569. The fraction of sp³-hybridized carbons (Fsp3) is 0.176. The lowest BCUT2D eigenvalue weighted by Gasteiger charge is -2.14. The van der Waals surface area contributed by atoms with Gasteiger partial charge in [0.15, 0.2) is 0 Å². The molecule has 0 aliphatic heterocycles. The van der Waals surface area contributed by atoms with Crippen LogP contribution in [0.4, 0.5) is 0 Å². The van der Waals surface area contributed by atoms with Crippen LogP contribution in [-0.2, 0) is 0 Å². The first kappa shape index (κ1) is 12.9. The van der Waals surface area contributed by atoms with E-state index in [-0.39, 0.29) is 0 Å². The molecule has 0 saturated heterocycles. The van der Waals surface area contributed by atoms with Crippen molar-refractivity contribution >= 4 is 22.4 Å². The lowest BCUT2D eigenvalue weighted by atomic mass is 9.91. The molecule has 2 rings (SSSR count). The predicted molar refractivity (Wildman–Crippen MR) is 81.4 cm³/mol. The Morgan fingerprint density at radius 1 is 1.17 bits per heavy atom. The van der Waals surface area contributed by atoms with Gasteiger partial charge in [-0.25, -0.2) is 0 Å². The van der Waals surface area contributed by atoms with Crippen molar-refractivity contribution in [3.63, 3.8) is 0 Å². The van der Waals surface area contributed by atoms with E-state index < -0.39 is 0 Å². The Kier molecular flexibility index (Phi) is 4.22. The Morgan fingerprint density at radius 3 is 2.56 bits per heavy atom. The Labute approximate surface area is 114 Å². The molecule has 0 spiro atoms. The summed E-state index contributed by atoms with van der Waals surface area (Å²) < 4.78 is 0. The Morgan fingerprint density at radius 2 is 1.89 bits per heavy atom. The second kappa shape index (κ2) is 5.88. The molecule has 0 saturated carbocycles. The van der Waals surface area contributed by atoms with Crippen molar-refractivity contribution in [3.8, 4) is 0 Å².